The van der Waals surface area contributed by atoms with E-state index in [9.17, 15) is 9.59 Å². The molecule has 0 atom stereocenters. The summed E-state index contributed by atoms with van der Waals surface area (Å²) in [5.41, 5.74) is 1.72. The van der Waals surface area contributed by atoms with E-state index in [1.54, 1.807) is 72.8 Å². The average molecular weight is 391 g/mol. The third-order valence-electron chi connectivity index (χ3n) is 4.33. The van der Waals surface area contributed by atoms with Gasteiger partial charge in [-0.1, -0.05) is 54.1 Å². The van der Waals surface area contributed by atoms with Crippen molar-refractivity contribution in [2.24, 2.45) is 0 Å². The van der Waals surface area contributed by atoms with Gasteiger partial charge in [-0.3, -0.25) is 4.79 Å². The average Bonchev–Trinajstić information content (AvgIpc) is 2.72. The second kappa shape index (κ2) is 7.71. The Hall–Kier alpha value is -3.37. The maximum atomic E-state index is 12.4. The second-order valence-electron chi connectivity index (χ2n) is 6.23. The van der Waals surface area contributed by atoms with Crippen LogP contribution >= 0.6 is 11.6 Å². The van der Waals surface area contributed by atoms with E-state index < -0.39 is 5.63 Å². The zero-order valence-electron chi connectivity index (χ0n) is 14.7. The van der Waals surface area contributed by atoms with Crippen LogP contribution in [-0.4, -0.2) is 12.4 Å². The van der Waals surface area contributed by atoms with Gasteiger partial charge in [0.2, 0.25) is 0 Å². The molecule has 4 nitrogen and oxygen atoms in total. The van der Waals surface area contributed by atoms with Gasteiger partial charge in [0.1, 0.15) is 11.3 Å². The summed E-state index contributed by atoms with van der Waals surface area (Å²) in [6.07, 6.45) is 0. The van der Waals surface area contributed by atoms with E-state index in [1.165, 1.54) is 0 Å². The predicted octanol–water partition coefficient (Wildman–Crippen LogP) is 5.38. The number of hydrogen-bond donors (Lipinski definition) is 0. The number of fused-ring (bicyclic) bond motifs is 1. The molecule has 0 aliphatic carbocycles. The standard InChI is InChI=1S/C23H15ClO4/c24-18-9-6-15(7-10-18)20-12-17-8-11-19(13-22(17)28-23(20)26)27-14-21(25)16-4-2-1-3-5-16/h1-13H,14H2. The van der Waals surface area contributed by atoms with Gasteiger partial charge in [-0.15, -0.1) is 0 Å². The second-order valence-corrected chi connectivity index (χ2v) is 6.67. The van der Waals surface area contributed by atoms with Gasteiger partial charge in [-0.05, 0) is 35.9 Å². The molecule has 0 radical (unpaired) electrons. The summed E-state index contributed by atoms with van der Waals surface area (Å²) < 4.78 is 11.0. The highest BCUT2D eigenvalue weighted by atomic mass is 35.5. The van der Waals surface area contributed by atoms with Crippen molar-refractivity contribution in [3.05, 3.63) is 99.9 Å². The molecule has 0 aliphatic rings. The third kappa shape index (κ3) is 3.82. The number of carbonyl (C=O) groups excluding carboxylic acids is 1. The van der Waals surface area contributed by atoms with Crippen molar-refractivity contribution in [2.75, 3.05) is 6.61 Å². The van der Waals surface area contributed by atoms with Crippen LogP contribution in [0.2, 0.25) is 5.02 Å². The Morgan fingerprint density at radius 3 is 2.43 bits per heavy atom. The van der Waals surface area contributed by atoms with Crippen LogP contribution < -0.4 is 10.4 Å². The molecule has 5 heteroatoms. The summed E-state index contributed by atoms with van der Waals surface area (Å²) in [6.45, 7) is -0.0946. The lowest BCUT2D eigenvalue weighted by molar-refractivity contribution is 0.0921. The van der Waals surface area contributed by atoms with Crippen LogP contribution in [0.5, 0.6) is 5.75 Å². The molecule has 4 aromatic rings. The fourth-order valence-corrected chi connectivity index (χ4v) is 2.99. The SMILES string of the molecule is O=C(COc1ccc2cc(-c3ccc(Cl)cc3)c(=O)oc2c1)c1ccccc1. The molecule has 28 heavy (non-hydrogen) atoms. The molecule has 0 amide bonds. The highest BCUT2D eigenvalue weighted by Gasteiger charge is 2.10. The van der Waals surface area contributed by atoms with Gasteiger partial charge < -0.3 is 9.15 Å². The molecular formula is C23H15ClO4. The van der Waals surface area contributed by atoms with Gasteiger partial charge >= 0.3 is 5.63 Å². The van der Waals surface area contributed by atoms with Crippen molar-refractivity contribution in [1.29, 1.82) is 0 Å². The Morgan fingerprint density at radius 1 is 0.929 bits per heavy atom. The molecule has 0 saturated carbocycles. The smallest absolute Gasteiger partial charge is 0.344 e. The Bertz CT molecular complexity index is 1190. The summed E-state index contributed by atoms with van der Waals surface area (Å²) >= 11 is 5.90. The zero-order valence-corrected chi connectivity index (χ0v) is 15.5. The van der Waals surface area contributed by atoms with Gasteiger partial charge in [-0.25, -0.2) is 4.79 Å². The lowest BCUT2D eigenvalue weighted by Gasteiger charge is -2.07. The number of hydrogen-bond acceptors (Lipinski definition) is 4. The summed E-state index contributed by atoms with van der Waals surface area (Å²) in [7, 11) is 0. The summed E-state index contributed by atoms with van der Waals surface area (Å²) in [5.74, 6) is 0.333. The number of Topliss-reactive ketones (excluding diaryl/α,β-unsaturated/α-hetero) is 1. The van der Waals surface area contributed by atoms with Crippen LogP contribution in [0.25, 0.3) is 22.1 Å². The van der Waals surface area contributed by atoms with Crippen LogP contribution in [0.4, 0.5) is 0 Å². The van der Waals surface area contributed by atoms with E-state index in [-0.39, 0.29) is 12.4 Å². The lowest BCUT2D eigenvalue weighted by Crippen LogP contribution is -2.11. The van der Waals surface area contributed by atoms with Crippen LogP contribution in [0, 0.1) is 0 Å². The van der Waals surface area contributed by atoms with Gasteiger partial charge in [-0.2, -0.15) is 0 Å². The molecule has 0 N–H and O–H groups in total. The molecule has 0 fully saturated rings. The molecular weight excluding hydrogens is 376 g/mol. The topological polar surface area (TPSA) is 56.5 Å². The fraction of sp³-hybridized carbons (Fsp3) is 0.0435. The minimum atomic E-state index is -0.452. The van der Waals surface area contributed by atoms with E-state index in [1.807, 2.05) is 6.07 Å². The highest BCUT2D eigenvalue weighted by molar-refractivity contribution is 6.30. The predicted molar refractivity (Wildman–Crippen MR) is 109 cm³/mol. The first-order chi connectivity index (χ1) is 13.6. The van der Waals surface area contributed by atoms with Crippen LogP contribution in [-0.2, 0) is 0 Å². The number of halogens is 1. The molecule has 0 bridgehead atoms. The Balaban J connectivity index is 1.58. The van der Waals surface area contributed by atoms with E-state index in [2.05, 4.69) is 0 Å². The van der Waals surface area contributed by atoms with Crippen molar-refractivity contribution in [1.82, 2.24) is 0 Å². The van der Waals surface area contributed by atoms with Gasteiger partial charge in [0, 0.05) is 22.0 Å². The van der Waals surface area contributed by atoms with Crippen LogP contribution in [0.3, 0.4) is 0 Å². The molecule has 0 saturated heterocycles. The van der Waals surface area contributed by atoms with Crippen molar-refractivity contribution in [3.63, 3.8) is 0 Å². The number of ether oxygens (including phenoxy) is 1. The molecule has 0 aliphatic heterocycles. The van der Waals surface area contributed by atoms with Crippen molar-refractivity contribution in [3.8, 4) is 16.9 Å². The monoisotopic (exact) mass is 390 g/mol. The van der Waals surface area contributed by atoms with E-state index in [0.717, 1.165) is 10.9 Å². The maximum Gasteiger partial charge on any atom is 0.344 e. The number of carbonyl (C=O) groups is 1. The number of ketones is 1. The third-order valence-corrected chi connectivity index (χ3v) is 4.58. The highest BCUT2D eigenvalue weighted by Crippen LogP contribution is 2.25. The van der Waals surface area contributed by atoms with E-state index in [4.69, 9.17) is 20.8 Å². The summed E-state index contributed by atoms with van der Waals surface area (Å²) in [6, 6.07) is 22.8. The minimum Gasteiger partial charge on any atom is -0.485 e. The zero-order chi connectivity index (χ0) is 19.5. The Labute approximate surface area is 166 Å². The van der Waals surface area contributed by atoms with E-state index >= 15 is 0 Å². The summed E-state index contributed by atoms with van der Waals surface area (Å²) in [5, 5.41) is 1.35. The molecule has 4 rings (SSSR count). The number of rotatable bonds is 5. The molecule has 0 unspecified atom stereocenters. The fourth-order valence-electron chi connectivity index (χ4n) is 2.87. The van der Waals surface area contributed by atoms with Gasteiger partial charge in [0.15, 0.2) is 12.4 Å². The maximum absolute atomic E-state index is 12.4. The van der Waals surface area contributed by atoms with Crippen LogP contribution in [0.1, 0.15) is 10.4 Å². The van der Waals surface area contributed by atoms with Crippen molar-refractivity contribution >= 4 is 28.4 Å². The quantitative estimate of drug-likeness (QED) is 0.339. The Kier molecular flexibility index (Phi) is 4.96. The van der Waals surface area contributed by atoms with Crippen LogP contribution in [0.15, 0.2) is 88.1 Å². The molecule has 1 aromatic heterocycles. The molecule has 138 valence electrons. The number of benzene rings is 3. The summed E-state index contributed by atoms with van der Waals surface area (Å²) in [4.78, 5) is 24.5. The first-order valence-corrected chi connectivity index (χ1v) is 9.03. The Morgan fingerprint density at radius 2 is 1.68 bits per heavy atom. The van der Waals surface area contributed by atoms with E-state index in [0.29, 0.717) is 27.5 Å². The molecule has 0 spiro atoms. The van der Waals surface area contributed by atoms with Crippen molar-refractivity contribution in [2.45, 2.75) is 0 Å². The van der Waals surface area contributed by atoms with Crippen molar-refractivity contribution < 1.29 is 13.9 Å². The molecule has 1 heterocycles. The first kappa shape index (κ1) is 18.0. The largest absolute Gasteiger partial charge is 0.485 e. The van der Waals surface area contributed by atoms with Gasteiger partial charge in [0.25, 0.3) is 0 Å². The lowest BCUT2D eigenvalue weighted by atomic mass is 10.1. The first-order valence-electron chi connectivity index (χ1n) is 8.65. The van der Waals surface area contributed by atoms with Gasteiger partial charge in [0.05, 0.1) is 5.56 Å². The molecule has 3 aromatic carbocycles. The minimum absolute atomic E-state index is 0.0946. The normalized spacial score (nSPS) is 10.8.